The van der Waals surface area contributed by atoms with Crippen molar-refractivity contribution in [3.8, 4) is 0 Å². The van der Waals surface area contributed by atoms with E-state index in [-0.39, 0.29) is 17.4 Å². The quantitative estimate of drug-likeness (QED) is 0.862. The molecule has 1 aromatic heterocycles. The molecule has 1 aromatic carbocycles. The number of aromatic nitrogens is 2. The molecule has 5 nitrogen and oxygen atoms in total. The molecule has 1 amide bonds. The molecule has 0 radical (unpaired) electrons. The minimum atomic E-state index is -0.122. The first-order chi connectivity index (χ1) is 11.6. The summed E-state index contributed by atoms with van der Waals surface area (Å²) < 4.78 is 1.36. The van der Waals surface area contributed by atoms with Gasteiger partial charge >= 0.3 is 0 Å². The number of aryl methyl sites for hydroxylation is 2. The van der Waals surface area contributed by atoms with Gasteiger partial charge in [-0.2, -0.15) is 5.10 Å². The Bertz CT molecular complexity index is 799. The van der Waals surface area contributed by atoms with Gasteiger partial charge in [-0.1, -0.05) is 12.1 Å². The Kier molecular flexibility index (Phi) is 5.04. The van der Waals surface area contributed by atoms with Gasteiger partial charge < -0.3 is 5.32 Å². The van der Waals surface area contributed by atoms with Crippen LogP contribution in [0.4, 0.5) is 0 Å². The number of fused-ring (bicyclic) bond motifs is 1. The van der Waals surface area contributed by atoms with E-state index in [4.69, 9.17) is 0 Å². The predicted molar refractivity (Wildman–Crippen MR) is 95.1 cm³/mol. The predicted octanol–water partition coefficient (Wildman–Crippen LogP) is 1.92. The van der Waals surface area contributed by atoms with Gasteiger partial charge in [0.25, 0.3) is 5.56 Å². The lowest BCUT2D eigenvalue weighted by molar-refractivity contribution is -0.125. The summed E-state index contributed by atoms with van der Waals surface area (Å²) in [6.45, 7) is 0.533. The normalized spacial score (nSPS) is 16.5. The standard InChI is InChI=1S/C18H21N3O2S/c1-21-17(22)10-14-9-13(5-8-16(14)20-21)18(23)19-11-12-3-6-15(24-2)7-4-12/h3-4,6-7,10,13H,5,8-9,11H2,1-2H3,(H,19,23)/t13-/m0/s1. The summed E-state index contributed by atoms with van der Waals surface area (Å²) in [7, 11) is 1.66. The van der Waals surface area contributed by atoms with Crippen LogP contribution in [0.2, 0.25) is 0 Å². The average molecular weight is 343 g/mol. The fourth-order valence-corrected chi connectivity index (χ4v) is 3.40. The smallest absolute Gasteiger partial charge is 0.266 e. The van der Waals surface area contributed by atoms with Crippen LogP contribution in [0.3, 0.4) is 0 Å². The van der Waals surface area contributed by atoms with Crippen LogP contribution < -0.4 is 10.9 Å². The monoisotopic (exact) mass is 343 g/mol. The number of carbonyl (C=O) groups is 1. The summed E-state index contributed by atoms with van der Waals surface area (Å²) in [5.41, 5.74) is 2.82. The van der Waals surface area contributed by atoms with Crippen molar-refractivity contribution in [3.05, 3.63) is 57.5 Å². The molecule has 0 spiro atoms. The molecular formula is C18H21N3O2S. The van der Waals surface area contributed by atoms with Gasteiger partial charge in [-0.25, -0.2) is 4.68 Å². The van der Waals surface area contributed by atoms with Crippen molar-refractivity contribution >= 4 is 17.7 Å². The summed E-state index contributed by atoms with van der Waals surface area (Å²) in [6, 6.07) is 9.81. The van der Waals surface area contributed by atoms with Crippen LogP contribution >= 0.6 is 11.8 Å². The van der Waals surface area contributed by atoms with Crippen LogP contribution in [0.5, 0.6) is 0 Å². The van der Waals surface area contributed by atoms with Crippen molar-refractivity contribution in [2.24, 2.45) is 13.0 Å². The van der Waals surface area contributed by atoms with E-state index in [1.165, 1.54) is 9.58 Å². The van der Waals surface area contributed by atoms with E-state index < -0.39 is 0 Å². The van der Waals surface area contributed by atoms with E-state index in [1.807, 2.05) is 18.4 Å². The lowest BCUT2D eigenvalue weighted by Crippen LogP contribution is -2.35. The Balaban J connectivity index is 1.61. The van der Waals surface area contributed by atoms with Crippen molar-refractivity contribution in [2.45, 2.75) is 30.7 Å². The van der Waals surface area contributed by atoms with Crippen LogP contribution in [0.25, 0.3) is 0 Å². The number of hydrogen-bond acceptors (Lipinski definition) is 4. The summed E-state index contributed by atoms with van der Waals surface area (Å²) in [4.78, 5) is 25.4. The minimum absolute atomic E-state index is 0.0512. The highest BCUT2D eigenvalue weighted by Crippen LogP contribution is 2.23. The first-order valence-corrected chi connectivity index (χ1v) is 9.26. The number of nitrogens with one attached hydrogen (secondary N) is 1. The Labute approximate surface area is 145 Å². The highest BCUT2D eigenvalue weighted by Gasteiger charge is 2.26. The third-order valence-electron chi connectivity index (χ3n) is 4.45. The lowest BCUT2D eigenvalue weighted by Gasteiger charge is -2.23. The molecule has 0 aliphatic heterocycles. The maximum atomic E-state index is 12.4. The van der Waals surface area contributed by atoms with Crippen LogP contribution in [0, 0.1) is 5.92 Å². The van der Waals surface area contributed by atoms with Gasteiger partial charge in [0.1, 0.15) is 0 Å². The van der Waals surface area contributed by atoms with E-state index in [9.17, 15) is 9.59 Å². The molecule has 24 heavy (non-hydrogen) atoms. The van der Waals surface area contributed by atoms with E-state index >= 15 is 0 Å². The molecule has 126 valence electrons. The van der Waals surface area contributed by atoms with Gasteiger partial charge in [0.15, 0.2) is 0 Å². The van der Waals surface area contributed by atoms with Gasteiger partial charge in [-0.15, -0.1) is 11.8 Å². The highest BCUT2D eigenvalue weighted by atomic mass is 32.2. The number of amides is 1. The summed E-state index contributed by atoms with van der Waals surface area (Å²) >= 11 is 1.70. The summed E-state index contributed by atoms with van der Waals surface area (Å²) in [6.07, 6.45) is 4.15. The van der Waals surface area contributed by atoms with E-state index in [0.717, 1.165) is 29.7 Å². The number of benzene rings is 1. The van der Waals surface area contributed by atoms with E-state index in [0.29, 0.717) is 13.0 Å². The Hall–Kier alpha value is -2.08. The van der Waals surface area contributed by atoms with Gasteiger partial charge in [-0.05, 0) is 48.8 Å². The molecule has 1 aliphatic carbocycles. The summed E-state index contributed by atoms with van der Waals surface area (Å²) in [5, 5.41) is 7.30. The van der Waals surface area contributed by atoms with Crippen molar-refractivity contribution in [2.75, 3.05) is 6.26 Å². The fraction of sp³-hybridized carbons (Fsp3) is 0.389. The maximum absolute atomic E-state index is 12.4. The molecule has 0 unspecified atom stereocenters. The number of nitrogens with zero attached hydrogens (tertiary/aromatic N) is 2. The van der Waals surface area contributed by atoms with Gasteiger partial charge in [0.05, 0.1) is 5.69 Å². The van der Waals surface area contributed by atoms with E-state index in [2.05, 4.69) is 22.5 Å². The second-order valence-corrected chi connectivity index (χ2v) is 6.96. The zero-order valence-corrected chi connectivity index (χ0v) is 14.7. The maximum Gasteiger partial charge on any atom is 0.266 e. The first-order valence-electron chi connectivity index (χ1n) is 8.03. The van der Waals surface area contributed by atoms with Crippen LogP contribution in [-0.4, -0.2) is 21.9 Å². The average Bonchev–Trinajstić information content (AvgIpc) is 2.60. The minimum Gasteiger partial charge on any atom is -0.352 e. The molecule has 0 bridgehead atoms. The molecule has 0 saturated heterocycles. The molecule has 0 fully saturated rings. The topological polar surface area (TPSA) is 64.0 Å². The molecule has 6 heteroatoms. The fourth-order valence-electron chi connectivity index (χ4n) is 2.99. The van der Waals surface area contributed by atoms with E-state index in [1.54, 1.807) is 24.9 Å². The Morgan fingerprint density at radius 3 is 2.83 bits per heavy atom. The number of hydrogen-bond donors (Lipinski definition) is 1. The van der Waals surface area contributed by atoms with Crippen LogP contribution in [-0.2, 0) is 31.2 Å². The van der Waals surface area contributed by atoms with Crippen molar-refractivity contribution in [1.82, 2.24) is 15.1 Å². The molecule has 1 aliphatic rings. The van der Waals surface area contributed by atoms with Gasteiger partial charge in [-0.3, -0.25) is 9.59 Å². The number of rotatable bonds is 4. The van der Waals surface area contributed by atoms with Crippen LogP contribution in [0.15, 0.2) is 40.0 Å². The Morgan fingerprint density at radius 2 is 2.12 bits per heavy atom. The van der Waals surface area contributed by atoms with Crippen LogP contribution in [0.1, 0.15) is 23.2 Å². The van der Waals surface area contributed by atoms with Gasteiger partial charge in [0, 0.05) is 30.5 Å². The number of carbonyl (C=O) groups excluding carboxylic acids is 1. The first kappa shape index (κ1) is 16.8. The highest BCUT2D eigenvalue weighted by molar-refractivity contribution is 7.98. The second kappa shape index (κ2) is 7.21. The third kappa shape index (κ3) is 3.70. The number of thioether (sulfide) groups is 1. The van der Waals surface area contributed by atoms with Crippen molar-refractivity contribution in [1.29, 1.82) is 0 Å². The molecule has 1 heterocycles. The molecule has 1 N–H and O–H groups in total. The zero-order chi connectivity index (χ0) is 17.1. The van der Waals surface area contributed by atoms with Crippen molar-refractivity contribution < 1.29 is 4.79 Å². The molecule has 0 saturated carbocycles. The lowest BCUT2D eigenvalue weighted by atomic mass is 9.86. The second-order valence-electron chi connectivity index (χ2n) is 6.08. The zero-order valence-electron chi connectivity index (χ0n) is 13.9. The SMILES string of the molecule is CSc1ccc(CNC(=O)[C@H]2CCc3nn(C)c(=O)cc3C2)cc1. The summed E-state index contributed by atoms with van der Waals surface area (Å²) in [5.74, 6) is -0.0350. The van der Waals surface area contributed by atoms with Crippen molar-refractivity contribution in [3.63, 3.8) is 0 Å². The largest absolute Gasteiger partial charge is 0.352 e. The third-order valence-corrected chi connectivity index (χ3v) is 5.19. The Morgan fingerprint density at radius 1 is 1.38 bits per heavy atom. The molecular weight excluding hydrogens is 322 g/mol. The van der Waals surface area contributed by atoms with Gasteiger partial charge in [0.2, 0.25) is 5.91 Å². The molecule has 2 aromatic rings. The molecule has 1 atom stereocenters. The molecule has 3 rings (SSSR count).